The van der Waals surface area contributed by atoms with Crippen molar-refractivity contribution in [3.63, 3.8) is 0 Å². The van der Waals surface area contributed by atoms with E-state index in [2.05, 4.69) is 0 Å². The summed E-state index contributed by atoms with van der Waals surface area (Å²) in [6, 6.07) is 6.05. The predicted octanol–water partition coefficient (Wildman–Crippen LogP) is -0.0793. The fourth-order valence-corrected chi connectivity index (χ4v) is 1.86. The van der Waals surface area contributed by atoms with Crippen LogP contribution < -0.4 is 5.46 Å². The zero-order valence-electron chi connectivity index (χ0n) is 8.00. The van der Waals surface area contributed by atoms with Crippen molar-refractivity contribution in [1.82, 2.24) is 4.90 Å². The molecule has 2 rings (SSSR count). The smallest absolute Gasteiger partial charge is 0.253 e. The normalized spacial score (nSPS) is 14.8. The quantitative estimate of drug-likeness (QED) is 0.544. The van der Waals surface area contributed by atoms with Crippen LogP contribution in [0, 0.1) is 0 Å². The van der Waals surface area contributed by atoms with Gasteiger partial charge in [-0.25, -0.2) is 0 Å². The molecule has 1 amide bonds. The molecule has 0 saturated heterocycles. The van der Waals surface area contributed by atoms with Gasteiger partial charge in [0.2, 0.25) is 0 Å². The van der Waals surface area contributed by atoms with E-state index in [1.54, 1.807) is 0 Å². The van der Waals surface area contributed by atoms with E-state index in [9.17, 15) is 4.79 Å². The Morgan fingerprint density at radius 2 is 2.31 bits per heavy atom. The fraction of sp³-hybridized carbons (Fsp3) is 0.300. The maximum atomic E-state index is 11.8. The summed E-state index contributed by atoms with van der Waals surface area (Å²) in [5, 5.41) is 0. The predicted molar refractivity (Wildman–Crippen MR) is 55.0 cm³/mol. The third-order valence-electron chi connectivity index (χ3n) is 2.60. The van der Waals surface area contributed by atoms with Crippen LogP contribution in [0.4, 0.5) is 0 Å². The van der Waals surface area contributed by atoms with Crippen LogP contribution in [-0.4, -0.2) is 25.2 Å². The first-order chi connectivity index (χ1) is 6.24. The lowest BCUT2D eigenvalue weighted by atomic mass is 9.89. The zero-order valence-corrected chi connectivity index (χ0v) is 8.00. The van der Waals surface area contributed by atoms with Crippen molar-refractivity contribution in [1.29, 1.82) is 0 Å². The highest BCUT2D eigenvalue weighted by Gasteiger charge is 2.26. The Morgan fingerprint density at radius 1 is 1.54 bits per heavy atom. The maximum Gasteiger partial charge on any atom is 0.253 e. The number of fused-ring (bicyclic) bond motifs is 1. The van der Waals surface area contributed by atoms with Crippen molar-refractivity contribution in [2.24, 2.45) is 0 Å². The lowest BCUT2D eigenvalue weighted by Crippen LogP contribution is -2.25. The fourth-order valence-electron chi connectivity index (χ4n) is 1.86. The summed E-state index contributed by atoms with van der Waals surface area (Å²) in [6.07, 6.45) is 0. The molecule has 0 bridgehead atoms. The third kappa shape index (κ3) is 1.15. The minimum absolute atomic E-state index is 0.190. The first kappa shape index (κ1) is 8.36. The molecular formula is C10H12BNO. The van der Waals surface area contributed by atoms with Gasteiger partial charge in [0.1, 0.15) is 7.85 Å². The maximum absolute atomic E-state index is 11.8. The Labute approximate surface area is 79.0 Å². The van der Waals surface area contributed by atoms with Gasteiger partial charge in [-0.2, -0.15) is 0 Å². The van der Waals surface area contributed by atoms with Crippen LogP contribution in [-0.2, 0) is 6.54 Å². The van der Waals surface area contributed by atoms with Crippen molar-refractivity contribution < 1.29 is 4.79 Å². The van der Waals surface area contributed by atoms with Crippen LogP contribution in [0.1, 0.15) is 22.8 Å². The van der Waals surface area contributed by atoms with Crippen LogP contribution in [0.25, 0.3) is 0 Å². The number of rotatable bonds is 1. The van der Waals surface area contributed by atoms with Crippen LogP contribution in [0.3, 0.4) is 0 Å². The Bertz CT molecular complexity index is 362. The number of amides is 1. The molecule has 0 spiro atoms. The van der Waals surface area contributed by atoms with Crippen molar-refractivity contribution in [2.75, 3.05) is 6.54 Å². The number of hydrogen-bond donors (Lipinski definition) is 0. The van der Waals surface area contributed by atoms with E-state index < -0.39 is 0 Å². The SMILES string of the molecule is Bc1cccc2c1C(=O)N(CC)C2. The standard InChI is InChI=1S/C10H12BNO/c1-2-12-6-7-4-3-5-8(11)9(7)10(12)13/h3-5H,2,6,11H2,1H3. The number of nitrogens with zero attached hydrogens (tertiary/aromatic N) is 1. The van der Waals surface area contributed by atoms with Crippen molar-refractivity contribution in [3.8, 4) is 0 Å². The number of carbonyl (C=O) groups is 1. The average molecular weight is 173 g/mol. The molecule has 0 unspecified atom stereocenters. The highest BCUT2D eigenvalue weighted by molar-refractivity contribution is 6.37. The average Bonchev–Trinajstić information content (AvgIpc) is 2.44. The molecule has 0 atom stereocenters. The van der Waals surface area contributed by atoms with E-state index in [1.807, 2.05) is 37.9 Å². The van der Waals surface area contributed by atoms with E-state index in [0.29, 0.717) is 0 Å². The van der Waals surface area contributed by atoms with Gasteiger partial charge in [0.05, 0.1) is 0 Å². The molecule has 66 valence electrons. The van der Waals surface area contributed by atoms with Crippen LogP contribution in [0.15, 0.2) is 18.2 Å². The van der Waals surface area contributed by atoms with Crippen LogP contribution in [0.5, 0.6) is 0 Å². The minimum Gasteiger partial charge on any atom is -0.335 e. The lowest BCUT2D eigenvalue weighted by Gasteiger charge is -2.11. The number of carbonyl (C=O) groups excluding carboxylic acids is 1. The number of hydrogen-bond acceptors (Lipinski definition) is 1. The van der Waals surface area contributed by atoms with Gasteiger partial charge in [-0.15, -0.1) is 0 Å². The van der Waals surface area contributed by atoms with Gasteiger partial charge < -0.3 is 4.90 Å². The molecule has 1 aliphatic rings. The Morgan fingerprint density at radius 3 is 2.92 bits per heavy atom. The minimum atomic E-state index is 0.190. The van der Waals surface area contributed by atoms with E-state index in [4.69, 9.17) is 0 Å². The summed E-state index contributed by atoms with van der Waals surface area (Å²) >= 11 is 0. The first-order valence-electron chi connectivity index (χ1n) is 4.61. The summed E-state index contributed by atoms with van der Waals surface area (Å²) in [5.41, 5.74) is 3.19. The summed E-state index contributed by atoms with van der Waals surface area (Å²) < 4.78 is 0. The van der Waals surface area contributed by atoms with Gasteiger partial charge in [-0.3, -0.25) is 4.79 Å². The first-order valence-corrected chi connectivity index (χ1v) is 4.61. The highest BCUT2D eigenvalue weighted by Crippen LogP contribution is 2.19. The molecule has 0 fully saturated rings. The van der Waals surface area contributed by atoms with E-state index in [1.165, 1.54) is 5.56 Å². The van der Waals surface area contributed by atoms with Gasteiger partial charge in [-0.1, -0.05) is 23.7 Å². The second-order valence-corrected chi connectivity index (χ2v) is 3.43. The molecule has 0 N–H and O–H groups in total. The van der Waals surface area contributed by atoms with E-state index in [-0.39, 0.29) is 5.91 Å². The second kappa shape index (κ2) is 2.91. The van der Waals surface area contributed by atoms with Crippen LogP contribution >= 0.6 is 0 Å². The molecule has 3 heteroatoms. The van der Waals surface area contributed by atoms with Crippen molar-refractivity contribution in [3.05, 3.63) is 29.3 Å². The Balaban J connectivity index is 2.50. The molecule has 0 saturated carbocycles. The molecule has 1 aromatic rings. The van der Waals surface area contributed by atoms with Gasteiger partial charge in [0.25, 0.3) is 5.91 Å². The van der Waals surface area contributed by atoms with E-state index >= 15 is 0 Å². The molecular weight excluding hydrogens is 161 g/mol. The van der Waals surface area contributed by atoms with Gasteiger partial charge in [0.15, 0.2) is 0 Å². The molecule has 1 aromatic carbocycles. The second-order valence-electron chi connectivity index (χ2n) is 3.43. The van der Waals surface area contributed by atoms with Gasteiger partial charge in [0, 0.05) is 18.7 Å². The van der Waals surface area contributed by atoms with Crippen LogP contribution in [0.2, 0.25) is 0 Å². The monoisotopic (exact) mass is 173 g/mol. The summed E-state index contributed by atoms with van der Waals surface area (Å²) in [7, 11) is 2.00. The van der Waals surface area contributed by atoms with Gasteiger partial charge in [-0.05, 0) is 12.5 Å². The molecule has 13 heavy (non-hydrogen) atoms. The molecule has 0 aliphatic carbocycles. The molecule has 0 radical (unpaired) electrons. The molecule has 1 heterocycles. The van der Waals surface area contributed by atoms with Gasteiger partial charge >= 0.3 is 0 Å². The third-order valence-corrected chi connectivity index (χ3v) is 2.60. The Hall–Kier alpha value is -1.25. The Kier molecular flexibility index (Phi) is 1.87. The topological polar surface area (TPSA) is 20.3 Å². The zero-order chi connectivity index (χ0) is 9.42. The largest absolute Gasteiger partial charge is 0.335 e. The summed E-state index contributed by atoms with van der Waals surface area (Å²) in [5.74, 6) is 0.190. The summed E-state index contributed by atoms with van der Waals surface area (Å²) in [4.78, 5) is 13.6. The summed E-state index contributed by atoms with van der Waals surface area (Å²) in [6.45, 7) is 3.60. The molecule has 2 nitrogen and oxygen atoms in total. The van der Waals surface area contributed by atoms with Crippen molar-refractivity contribution >= 4 is 19.2 Å². The lowest BCUT2D eigenvalue weighted by molar-refractivity contribution is 0.0788. The van der Waals surface area contributed by atoms with E-state index in [0.717, 1.165) is 24.1 Å². The number of benzene rings is 1. The molecule has 0 aromatic heterocycles. The molecule has 1 aliphatic heterocycles. The van der Waals surface area contributed by atoms with Crippen molar-refractivity contribution in [2.45, 2.75) is 13.5 Å². The highest BCUT2D eigenvalue weighted by atomic mass is 16.2.